The molecule has 1 amide bonds. The first kappa shape index (κ1) is 15.1. The number of nitrogens with one attached hydrogen (secondary N) is 1. The minimum atomic E-state index is -1.30. The molecule has 6 heteroatoms. The predicted molar refractivity (Wildman–Crippen MR) is 82.6 cm³/mol. The molecule has 0 aliphatic heterocycles. The van der Waals surface area contributed by atoms with E-state index in [1.165, 1.54) is 6.26 Å². The lowest BCUT2D eigenvalue weighted by molar-refractivity contribution is 0.0329. The van der Waals surface area contributed by atoms with Crippen molar-refractivity contribution in [3.8, 4) is 11.3 Å². The number of carbonyl (C=O) groups excluding carboxylic acids is 1. The average Bonchev–Trinajstić information content (AvgIpc) is 3.25. The third-order valence-corrected chi connectivity index (χ3v) is 3.45. The summed E-state index contributed by atoms with van der Waals surface area (Å²) >= 11 is 0. The summed E-state index contributed by atoms with van der Waals surface area (Å²) in [6.45, 7) is 1.55. The summed E-state index contributed by atoms with van der Waals surface area (Å²) < 4.78 is 10.3. The molecule has 1 aromatic carbocycles. The van der Waals surface area contributed by atoms with Gasteiger partial charge in [-0.25, -0.2) is 0 Å². The van der Waals surface area contributed by atoms with Gasteiger partial charge in [-0.05, 0) is 19.1 Å². The number of rotatable bonds is 5. The van der Waals surface area contributed by atoms with Crippen LogP contribution < -0.4 is 5.32 Å². The fourth-order valence-corrected chi connectivity index (χ4v) is 2.14. The van der Waals surface area contributed by atoms with Crippen LogP contribution in [0.25, 0.3) is 11.3 Å². The molecule has 2 N–H and O–H groups in total. The maximum Gasteiger partial charge on any atom is 0.273 e. The van der Waals surface area contributed by atoms with Crippen LogP contribution in [0.3, 0.4) is 0 Å². The van der Waals surface area contributed by atoms with Gasteiger partial charge in [-0.1, -0.05) is 35.5 Å². The molecule has 3 rings (SSSR count). The van der Waals surface area contributed by atoms with Gasteiger partial charge in [0.25, 0.3) is 5.91 Å². The van der Waals surface area contributed by atoms with E-state index in [2.05, 4.69) is 10.5 Å². The van der Waals surface area contributed by atoms with Crippen LogP contribution in [0.1, 0.15) is 23.2 Å². The molecular weight excluding hydrogens is 296 g/mol. The second-order valence-corrected chi connectivity index (χ2v) is 5.38. The van der Waals surface area contributed by atoms with Crippen molar-refractivity contribution in [2.24, 2.45) is 0 Å². The van der Waals surface area contributed by atoms with Crippen LogP contribution in [-0.4, -0.2) is 22.7 Å². The first-order valence-electron chi connectivity index (χ1n) is 7.13. The first-order valence-corrected chi connectivity index (χ1v) is 7.13. The molecule has 0 spiro atoms. The Bertz CT molecular complexity index is 776. The molecule has 2 aromatic heterocycles. The Morgan fingerprint density at radius 1 is 1.26 bits per heavy atom. The van der Waals surface area contributed by atoms with Gasteiger partial charge in [0.1, 0.15) is 11.4 Å². The van der Waals surface area contributed by atoms with E-state index in [0.717, 1.165) is 5.56 Å². The van der Waals surface area contributed by atoms with Crippen molar-refractivity contribution in [2.75, 3.05) is 6.54 Å². The molecule has 118 valence electrons. The van der Waals surface area contributed by atoms with E-state index in [1.807, 2.05) is 30.3 Å². The van der Waals surface area contributed by atoms with E-state index in [0.29, 0.717) is 11.5 Å². The van der Waals surface area contributed by atoms with Crippen LogP contribution in [-0.2, 0) is 5.60 Å². The Morgan fingerprint density at radius 2 is 2.04 bits per heavy atom. The van der Waals surface area contributed by atoms with E-state index in [9.17, 15) is 9.90 Å². The molecule has 0 aliphatic carbocycles. The van der Waals surface area contributed by atoms with Gasteiger partial charge in [0.2, 0.25) is 0 Å². The summed E-state index contributed by atoms with van der Waals surface area (Å²) in [6, 6.07) is 14.3. The summed E-state index contributed by atoms with van der Waals surface area (Å²) in [7, 11) is 0. The molecule has 1 unspecified atom stereocenters. The van der Waals surface area contributed by atoms with Crippen molar-refractivity contribution in [2.45, 2.75) is 12.5 Å². The third-order valence-electron chi connectivity index (χ3n) is 3.45. The Balaban J connectivity index is 1.66. The lowest BCUT2D eigenvalue weighted by Crippen LogP contribution is -2.38. The van der Waals surface area contributed by atoms with Gasteiger partial charge in [0, 0.05) is 11.6 Å². The van der Waals surface area contributed by atoms with Crippen LogP contribution in [0, 0.1) is 0 Å². The van der Waals surface area contributed by atoms with Gasteiger partial charge < -0.3 is 19.4 Å². The molecule has 3 aromatic rings. The topological polar surface area (TPSA) is 88.5 Å². The summed E-state index contributed by atoms with van der Waals surface area (Å²) in [5, 5.41) is 16.7. The van der Waals surface area contributed by atoms with E-state index in [4.69, 9.17) is 8.94 Å². The van der Waals surface area contributed by atoms with Crippen molar-refractivity contribution >= 4 is 5.91 Å². The molecule has 0 bridgehead atoms. The molecule has 6 nitrogen and oxygen atoms in total. The standard InChI is InChI=1S/C17H16N2O4/c1-17(21,15-8-5-9-22-15)11-18-16(20)13-10-14(23-19-13)12-6-3-2-4-7-12/h2-10,21H,11H2,1H3,(H,18,20). The predicted octanol–water partition coefficient (Wildman–Crippen LogP) is 2.57. The number of benzene rings is 1. The van der Waals surface area contributed by atoms with Gasteiger partial charge in [0.15, 0.2) is 11.5 Å². The smallest absolute Gasteiger partial charge is 0.273 e. The van der Waals surface area contributed by atoms with Crippen molar-refractivity contribution in [1.82, 2.24) is 10.5 Å². The summed E-state index contributed by atoms with van der Waals surface area (Å²) in [5.41, 5.74) is -0.314. The Labute approximate surface area is 132 Å². The Kier molecular flexibility index (Phi) is 3.99. The largest absolute Gasteiger partial charge is 0.466 e. The maximum absolute atomic E-state index is 12.1. The summed E-state index contributed by atoms with van der Waals surface area (Å²) in [4.78, 5) is 12.1. The number of furan rings is 1. The third kappa shape index (κ3) is 3.32. The van der Waals surface area contributed by atoms with Crippen LogP contribution in [0.15, 0.2) is 63.7 Å². The fourth-order valence-electron chi connectivity index (χ4n) is 2.14. The maximum atomic E-state index is 12.1. The van der Waals surface area contributed by atoms with E-state index >= 15 is 0 Å². The zero-order valence-electron chi connectivity index (χ0n) is 12.5. The molecule has 23 heavy (non-hydrogen) atoms. The number of aromatic nitrogens is 1. The number of carbonyl (C=O) groups is 1. The molecule has 0 aliphatic rings. The molecule has 0 saturated heterocycles. The van der Waals surface area contributed by atoms with Crippen LogP contribution >= 0.6 is 0 Å². The molecule has 0 fully saturated rings. The minimum absolute atomic E-state index is 0.00707. The van der Waals surface area contributed by atoms with Crippen LogP contribution in [0.2, 0.25) is 0 Å². The number of nitrogens with zero attached hydrogens (tertiary/aromatic N) is 1. The molecule has 0 radical (unpaired) electrons. The fraction of sp³-hybridized carbons (Fsp3) is 0.176. The second kappa shape index (κ2) is 6.10. The summed E-state index contributed by atoms with van der Waals surface area (Å²) in [5.74, 6) is 0.458. The Morgan fingerprint density at radius 3 is 2.74 bits per heavy atom. The molecule has 1 atom stereocenters. The average molecular weight is 312 g/mol. The highest BCUT2D eigenvalue weighted by Gasteiger charge is 2.27. The van der Waals surface area contributed by atoms with E-state index in [1.54, 1.807) is 25.1 Å². The highest BCUT2D eigenvalue weighted by Crippen LogP contribution is 2.21. The lowest BCUT2D eigenvalue weighted by atomic mass is 10.0. The van der Waals surface area contributed by atoms with Crippen molar-refractivity contribution in [3.05, 3.63) is 66.2 Å². The number of aliphatic hydroxyl groups is 1. The highest BCUT2D eigenvalue weighted by atomic mass is 16.5. The monoisotopic (exact) mass is 312 g/mol. The zero-order chi connectivity index (χ0) is 16.3. The van der Waals surface area contributed by atoms with Gasteiger partial charge in [-0.2, -0.15) is 0 Å². The zero-order valence-corrected chi connectivity index (χ0v) is 12.5. The van der Waals surface area contributed by atoms with Gasteiger partial charge in [0.05, 0.1) is 12.8 Å². The number of hydrogen-bond acceptors (Lipinski definition) is 5. The number of amides is 1. The summed E-state index contributed by atoms with van der Waals surface area (Å²) in [6.07, 6.45) is 1.47. The minimum Gasteiger partial charge on any atom is -0.466 e. The Hall–Kier alpha value is -2.86. The normalized spacial score (nSPS) is 13.5. The molecule has 2 heterocycles. The number of hydrogen-bond donors (Lipinski definition) is 2. The van der Waals surface area contributed by atoms with E-state index in [-0.39, 0.29) is 12.2 Å². The quantitative estimate of drug-likeness (QED) is 0.756. The van der Waals surface area contributed by atoms with Crippen molar-refractivity contribution in [1.29, 1.82) is 0 Å². The lowest BCUT2D eigenvalue weighted by Gasteiger charge is -2.20. The van der Waals surface area contributed by atoms with Gasteiger partial charge in [-0.15, -0.1) is 0 Å². The SMILES string of the molecule is CC(O)(CNC(=O)c1cc(-c2ccccc2)on1)c1ccco1. The second-order valence-electron chi connectivity index (χ2n) is 5.38. The van der Waals surface area contributed by atoms with Crippen LogP contribution in [0.5, 0.6) is 0 Å². The highest BCUT2D eigenvalue weighted by molar-refractivity contribution is 5.93. The molecular formula is C17H16N2O4. The first-order chi connectivity index (χ1) is 11.1. The molecule has 0 saturated carbocycles. The van der Waals surface area contributed by atoms with Crippen LogP contribution in [0.4, 0.5) is 0 Å². The van der Waals surface area contributed by atoms with Crippen molar-refractivity contribution in [3.63, 3.8) is 0 Å². The van der Waals surface area contributed by atoms with E-state index < -0.39 is 11.5 Å². The van der Waals surface area contributed by atoms with Crippen molar-refractivity contribution < 1.29 is 18.8 Å². The van der Waals surface area contributed by atoms with Gasteiger partial charge >= 0.3 is 0 Å². The van der Waals surface area contributed by atoms with Gasteiger partial charge in [-0.3, -0.25) is 4.79 Å².